The lowest BCUT2D eigenvalue weighted by molar-refractivity contribution is -0.307. The average molecular weight is 1350 g/mol. The lowest BCUT2D eigenvalue weighted by Crippen LogP contribution is -2.59. The molecule has 0 spiro atoms. The highest BCUT2D eigenvalue weighted by Crippen LogP contribution is 2.72. The Morgan fingerprint density at radius 1 is 0.484 bits per heavy atom. The summed E-state index contributed by atoms with van der Waals surface area (Å²) < 4.78 is 78.9. The molecule has 0 amide bonds. The number of carbonyl (C=O) groups excluding carboxylic acids is 2. The number of aliphatic hydroxyl groups excluding tert-OH is 1. The molecule has 536 valence electrons. The zero-order valence-electron chi connectivity index (χ0n) is 59.5. The van der Waals surface area contributed by atoms with E-state index in [0.29, 0.717) is 102 Å². The SMILES string of the molecule is C[C@@H]1CC[C@@]2(C)C(C1)C[C@H](O)C1C2CC[C@@]2(C)C1CC[C@@H]2[C@H](C)CCC(=O)[O-].C[C@@H]1CC[C@@]2(C)C(C=CC3C2CC[C@@]2(C)C3CCC2[C@H](C)CCC(=O)[O-])C1.C[C@H](CCC(=O)O)[C@H]1CC[C@H]2[C@@H]3[C@@H](OS(=O)(=O)[O-])C[C@@H]4C[C@H](OS(=O)(=O)[O-])CC[C@]4(C)[C@H]3CC[C@]12C.[NH4+].[NH4+]. The Morgan fingerprint density at radius 3 is 1.39 bits per heavy atom. The van der Waals surface area contributed by atoms with Crippen LogP contribution < -0.4 is 22.5 Å². The number of quaternary nitrogens is 2. The van der Waals surface area contributed by atoms with Gasteiger partial charge in [-0.25, -0.2) is 16.8 Å². The third-order valence-corrected chi connectivity index (χ3v) is 32.2. The second-order valence-corrected chi connectivity index (χ2v) is 37.4. The van der Waals surface area contributed by atoms with E-state index in [1.54, 1.807) is 0 Å². The third-order valence-electron chi connectivity index (χ3n) is 31.2. The van der Waals surface area contributed by atoms with Crippen molar-refractivity contribution in [2.75, 3.05) is 0 Å². The molecule has 0 heterocycles. The minimum atomic E-state index is -4.96. The van der Waals surface area contributed by atoms with Crippen LogP contribution in [0.2, 0.25) is 0 Å². The fourth-order valence-electron chi connectivity index (χ4n) is 26.5. The number of carboxylic acids is 3. The van der Waals surface area contributed by atoms with Crippen molar-refractivity contribution in [1.82, 2.24) is 12.3 Å². The molecule has 12 rings (SSSR count). The predicted molar refractivity (Wildman–Crippen MR) is 355 cm³/mol. The second-order valence-electron chi connectivity index (χ2n) is 35.4. The molecule has 0 radical (unpaired) electrons. The molecular formula is C74H126N2O15S2-2. The lowest BCUT2D eigenvalue weighted by Gasteiger charge is -2.63. The lowest BCUT2D eigenvalue weighted by atomic mass is 9.43. The Hall–Kier alpha value is -2.23. The summed E-state index contributed by atoms with van der Waals surface area (Å²) in [5.74, 6) is 7.52. The monoisotopic (exact) mass is 1350 g/mol. The maximum atomic E-state index is 11.8. The molecular weight excluding hydrogens is 1220 g/mol. The van der Waals surface area contributed by atoms with Crippen LogP contribution in [0.4, 0.5) is 0 Å². The summed E-state index contributed by atoms with van der Waals surface area (Å²) in [6, 6.07) is 0. The number of carbonyl (C=O) groups is 3. The predicted octanol–water partition coefficient (Wildman–Crippen LogP) is 13.8. The van der Waals surface area contributed by atoms with Crippen LogP contribution in [-0.2, 0) is 43.5 Å². The summed E-state index contributed by atoms with van der Waals surface area (Å²) in [4.78, 5) is 33.1. The van der Waals surface area contributed by atoms with Crippen LogP contribution >= 0.6 is 0 Å². The van der Waals surface area contributed by atoms with Crippen LogP contribution in [0.15, 0.2) is 12.2 Å². The second kappa shape index (κ2) is 28.8. The van der Waals surface area contributed by atoms with E-state index >= 15 is 0 Å². The first kappa shape index (κ1) is 76.5. The van der Waals surface area contributed by atoms with Crippen LogP contribution in [0.1, 0.15) is 262 Å². The van der Waals surface area contributed by atoms with Crippen molar-refractivity contribution in [1.29, 1.82) is 0 Å². The summed E-state index contributed by atoms with van der Waals surface area (Å²) in [7, 11) is -9.82. The number of fused-ring (bicyclic) bond motifs is 15. The Morgan fingerprint density at radius 2 is 0.882 bits per heavy atom. The van der Waals surface area contributed by atoms with E-state index < -0.39 is 50.9 Å². The molecule has 0 aromatic rings. The van der Waals surface area contributed by atoms with Gasteiger partial charge in [0.15, 0.2) is 0 Å². The molecule has 93 heavy (non-hydrogen) atoms. The Balaban J connectivity index is 0.000000180. The van der Waals surface area contributed by atoms with Gasteiger partial charge < -0.3 is 51.4 Å². The summed E-state index contributed by atoms with van der Waals surface area (Å²) in [5, 5.41) is 42.4. The normalized spacial score (nSPS) is 46.9. The van der Waals surface area contributed by atoms with Crippen LogP contribution in [0, 0.1) is 151 Å². The number of hydrogen-bond acceptors (Lipinski definition) is 14. The summed E-state index contributed by atoms with van der Waals surface area (Å²) in [6.45, 7) is 26.1. The quantitative estimate of drug-likeness (QED) is 0.0634. The van der Waals surface area contributed by atoms with Crippen molar-refractivity contribution in [3.8, 4) is 0 Å². The molecule has 9 unspecified atom stereocenters. The summed E-state index contributed by atoms with van der Waals surface area (Å²) in [5.41, 5.74) is 1.31. The fraction of sp³-hybridized carbons (Fsp3) is 0.932. The fourth-order valence-corrected chi connectivity index (χ4v) is 27.5. The van der Waals surface area contributed by atoms with Gasteiger partial charge in [-0.3, -0.25) is 13.2 Å². The van der Waals surface area contributed by atoms with Gasteiger partial charge in [0.2, 0.25) is 20.8 Å². The van der Waals surface area contributed by atoms with Gasteiger partial charge in [-0.05, 0) is 318 Å². The molecule has 11 saturated carbocycles. The van der Waals surface area contributed by atoms with Crippen LogP contribution in [0.3, 0.4) is 0 Å². The summed E-state index contributed by atoms with van der Waals surface area (Å²) >= 11 is 0. The molecule has 0 saturated heterocycles. The van der Waals surface area contributed by atoms with Gasteiger partial charge in [0, 0.05) is 18.4 Å². The zero-order chi connectivity index (χ0) is 66.3. The highest BCUT2D eigenvalue weighted by molar-refractivity contribution is 7.81. The maximum absolute atomic E-state index is 11.8. The molecule has 12 aliphatic carbocycles. The van der Waals surface area contributed by atoms with Crippen molar-refractivity contribution in [3.63, 3.8) is 0 Å². The van der Waals surface area contributed by atoms with Crippen LogP contribution in [0.5, 0.6) is 0 Å². The van der Waals surface area contributed by atoms with Gasteiger partial charge in [0.1, 0.15) is 0 Å². The number of allylic oxidation sites excluding steroid dienone is 2. The van der Waals surface area contributed by atoms with Gasteiger partial charge in [-0.15, -0.1) is 0 Å². The number of aliphatic hydroxyl groups is 1. The van der Waals surface area contributed by atoms with E-state index in [9.17, 15) is 55.6 Å². The summed E-state index contributed by atoms with van der Waals surface area (Å²) in [6.07, 6.45) is 31.0. The number of rotatable bonds is 16. The molecule has 10 N–H and O–H groups in total. The molecule has 11 fully saturated rings. The highest BCUT2D eigenvalue weighted by Gasteiger charge is 2.66. The topological polar surface area (TPSA) is 344 Å². The van der Waals surface area contributed by atoms with E-state index in [2.05, 4.69) is 88.3 Å². The van der Waals surface area contributed by atoms with Crippen molar-refractivity contribution < 1.29 is 69.1 Å². The molecule has 12 aliphatic rings. The number of carboxylic acid groups (broad SMARTS) is 3. The standard InChI is InChI=1S/C25H42O3.C25H40O2.C24H40O10S2.2H3N/c1-15-9-11-24(3)17(13-15)14-21(26)23-19-7-6-18(16(2)5-8-22(27)28)25(19,4)12-10-20(23)24;1-16-11-13-24(3)18(15-16)6-7-19-21-9-8-20(17(2)5-10-23(26)27)25(21,4)14-12-22(19)24;1-14(4-7-21(25)26)17-5-6-18-22-19(9-11-24(17,18)3)23(2)10-8-16(33-35(27,28)29)12-15(23)13-20(22)34-36(30,31)32;;/h15-21,23,26H,5-14H2,1-4H3,(H,27,28);6-7,16-22H,5,8-15H2,1-4H3,(H,26,27);14-20,22H,4-13H2,1-3H3,(H,25,26)(H,27,28,29)(H,30,31,32);2*1H3/p-2/t15-,16-,17?,18-,19?,20?,21+,23?,24+,25-;16-,17-,18?,19?,20?,21?,22?,24+,25-;14-,15+,16-,17-,18+,19+,20+,22+,23+,24-;;/m111../s1. The van der Waals surface area contributed by atoms with Gasteiger partial charge in [0.05, 0.1) is 18.3 Å². The van der Waals surface area contributed by atoms with Gasteiger partial charge in [-0.2, -0.15) is 0 Å². The van der Waals surface area contributed by atoms with Crippen molar-refractivity contribution in [2.45, 2.75) is 281 Å². The Bertz CT molecular complexity index is 2880. The van der Waals surface area contributed by atoms with Crippen molar-refractivity contribution >= 4 is 38.7 Å². The minimum Gasteiger partial charge on any atom is -0.726 e. The smallest absolute Gasteiger partial charge is 0.303 e. The van der Waals surface area contributed by atoms with E-state index in [0.717, 1.165) is 80.5 Å². The molecule has 19 heteroatoms. The van der Waals surface area contributed by atoms with Crippen molar-refractivity contribution in [2.24, 2.45) is 151 Å². The highest BCUT2D eigenvalue weighted by atomic mass is 32.3. The average Bonchev–Trinajstić information content (AvgIpc) is 1.71. The first-order valence-electron chi connectivity index (χ1n) is 36.7. The minimum absolute atomic E-state index is 0. The largest absolute Gasteiger partial charge is 0.726 e. The van der Waals surface area contributed by atoms with Crippen LogP contribution in [0.25, 0.3) is 0 Å². The molecule has 0 aliphatic heterocycles. The maximum Gasteiger partial charge on any atom is 0.303 e. The number of aliphatic carboxylic acids is 3. The van der Waals surface area contributed by atoms with E-state index in [1.807, 2.05) is 0 Å². The van der Waals surface area contributed by atoms with Gasteiger partial charge in [0.25, 0.3) is 0 Å². The van der Waals surface area contributed by atoms with Gasteiger partial charge >= 0.3 is 5.97 Å². The molecule has 0 aromatic carbocycles. The zero-order valence-corrected chi connectivity index (χ0v) is 61.1. The van der Waals surface area contributed by atoms with Gasteiger partial charge in [-0.1, -0.05) is 101 Å². The van der Waals surface area contributed by atoms with Crippen LogP contribution in [-0.4, -0.2) is 72.4 Å². The molecule has 29 atom stereocenters. The number of hydrogen-bond donors (Lipinski definition) is 4. The molecule has 17 nitrogen and oxygen atoms in total. The van der Waals surface area contributed by atoms with Crippen molar-refractivity contribution in [3.05, 3.63) is 12.2 Å². The van der Waals surface area contributed by atoms with E-state index in [-0.39, 0.29) is 83.5 Å². The van der Waals surface area contributed by atoms with E-state index in [4.69, 9.17) is 13.5 Å². The Kier molecular flexibility index (Phi) is 23.7. The first-order chi connectivity index (χ1) is 42.5. The Labute approximate surface area is 560 Å². The molecule has 0 aromatic heterocycles. The first-order valence-corrected chi connectivity index (χ1v) is 39.4. The molecule has 0 bridgehead atoms. The third kappa shape index (κ3) is 15.0. The van der Waals surface area contributed by atoms with E-state index in [1.165, 1.54) is 89.9 Å².